The quantitative estimate of drug-likeness (QED) is 0.839. The molecule has 116 valence electrons. The third-order valence-electron chi connectivity index (χ3n) is 3.91. The normalized spacial score (nSPS) is 17.1. The van der Waals surface area contributed by atoms with Gasteiger partial charge in [0, 0.05) is 24.5 Å². The standard InChI is InChI=1S/C15H23N3O3/c1-11(2)10-18-8-7-16-13(14(18)21)17-15(9-12(19)20)5-3-4-6-15/h7-8,11H,3-6,9-10H2,1-2H3,(H,16,17)(H,19,20). The van der Waals surface area contributed by atoms with Gasteiger partial charge in [0.1, 0.15) is 0 Å². The maximum absolute atomic E-state index is 12.4. The summed E-state index contributed by atoms with van der Waals surface area (Å²) >= 11 is 0. The van der Waals surface area contributed by atoms with Gasteiger partial charge in [-0.25, -0.2) is 4.98 Å². The van der Waals surface area contributed by atoms with Gasteiger partial charge in [0.05, 0.1) is 6.42 Å². The SMILES string of the molecule is CC(C)Cn1ccnc(NC2(CC(=O)O)CCCC2)c1=O. The Morgan fingerprint density at radius 3 is 2.71 bits per heavy atom. The molecule has 1 fully saturated rings. The van der Waals surface area contributed by atoms with E-state index in [-0.39, 0.29) is 17.8 Å². The largest absolute Gasteiger partial charge is 0.481 e. The van der Waals surface area contributed by atoms with Crippen LogP contribution in [0.1, 0.15) is 46.0 Å². The molecule has 0 radical (unpaired) electrons. The molecule has 0 unspecified atom stereocenters. The van der Waals surface area contributed by atoms with Crippen molar-refractivity contribution in [3.05, 3.63) is 22.7 Å². The molecule has 0 bridgehead atoms. The van der Waals surface area contributed by atoms with Gasteiger partial charge in [-0.2, -0.15) is 0 Å². The van der Waals surface area contributed by atoms with Gasteiger partial charge in [-0.05, 0) is 18.8 Å². The minimum absolute atomic E-state index is 0.0210. The molecular weight excluding hydrogens is 270 g/mol. The van der Waals surface area contributed by atoms with Gasteiger partial charge in [0.25, 0.3) is 5.56 Å². The van der Waals surface area contributed by atoms with Crippen LogP contribution in [-0.2, 0) is 11.3 Å². The fraction of sp³-hybridized carbons (Fsp3) is 0.667. The average Bonchev–Trinajstić information content (AvgIpc) is 2.81. The van der Waals surface area contributed by atoms with E-state index in [4.69, 9.17) is 5.11 Å². The Kier molecular flexibility index (Phi) is 4.65. The number of carbonyl (C=O) groups is 1. The van der Waals surface area contributed by atoms with Gasteiger partial charge < -0.3 is 15.0 Å². The van der Waals surface area contributed by atoms with E-state index in [9.17, 15) is 9.59 Å². The number of carboxylic acids is 1. The van der Waals surface area contributed by atoms with Crippen molar-refractivity contribution in [1.29, 1.82) is 0 Å². The number of nitrogens with one attached hydrogen (secondary N) is 1. The van der Waals surface area contributed by atoms with E-state index < -0.39 is 11.5 Å². The Labute approximate surface area is 124 Å². The summed E-state index contributed by atoms with van der Waals surface area (Å²) in [5, 5.41) is 12.3. The van der Waals surface area contributed by atoms with Gasteiger partial charge in [-0.3, -0.25) is 9.59 Å². The lowest BCUT2D eigenvalue weighted by molar-refractivity contribution is -0.138. The first kappa shape index (κ1) is 15.5. The lowest BCUT2D eigenvalue weighted by Crippen LogP contribution is -2.40. The average molecular weight is 293 g/mol. The maximum Gasteiger partial charge on any atom is 0.305 e. The second-order valence-electron chi connectivity index (χ2n) is 6.31. The second-order valence-corrected chi connectivity index (χ2v) is 6.31. The Morgan fingerprint density at radius 1 is 1.48 bits per heavy atom. The summed E-state index contributed by atoms with van der Waals surface area (Å²) in [5.74, 6) is -0.221. The van der Waals surface area contributed by atoms with Gasteiger partial charge in [0.15, 0.2) is 5.82 Å². The summed E-state index contributed by atoms with van der Waals surface area (Å²) in [6.07, 6.45) is 6.77. The van der Waals surface area contributed by atoms with Crippen molar-refractivity contribution in [2.45, 2.75) is 58.0 Å². The van der Waals surface area contributed by atoms with Gasteiger partial charge in [-0.15, -0.1) is 0 Å². The fourth-order valence-electron chi connectivity index (χ4n) is 3.01. The van der Waals surface area contributed by atoms with Crippen molar-refractivity contribution < 1.29 is 9.90 Å². The summed E-state index contributed by atoms with van der Waals surface area (Å²) in [5.41, 5.74) is -0.711. The topological polar surface area (TPSA) is 84.2 Å². The number of hydrogen-bond donors (Lipinski definition) is 2. The molecule has 6 heteroatoms. The first-order chi connectivity index (χ1) is 9.92. The van der Waals surface area contributed by atoms with Gasteiger partial charge >= 0.3 is 5.97 Å². The van der Waals surface area contributed by atoms with E-state index >= 15 is 0 Å². The van der Waals surface area contributed by atoms with Crippen molar-refractivity contribution in [2.75, 3.05) is 5.32 Å². The highest BCUT2D eigenvalue weighted by Crippen LogP contribution is 2.34. The Bertz CT molecular complexity index is 560. The number of nitrogens with zero attached hydrogens (tertiary/aromatic N) is 2. The van der Waals surface area contributed by atoms with Gasteiger partial charge in [0.2, 0.25) is 0 Å². The molecule has 1 aromatic heterocycles. The van der Waals surface area contributed by atoms with E-state index in [0.29, 0.717) is 12.5 Å². The number of aliphatic carboxylic acids is 1. The smallest absolute Gasteiger partial charge is 0.305 e. The van der Waals surface area contributed by atoms with E-state index in [1.165, 1.54) is 0 Å². The van der Waals surface area contributed by atoms with Crippen LogP contribution in [0.25, 0.3) is 0 Å². The molecule has 0 saturated heterocycles. The number of rotatable bonds is 6. The molecule has 21 heavy (non-hydrogen) atoms. The monoisotopic (exact) mass is 293 g/mol. The van der Waals surface area contributed by atoms with Crippen LogP contribution in [0.2, 0.25) is 0 Å². The van der Waals surface area contributed by atoms with Crippen molar-refractivity contribution in [3.63, 3.8) is 0 Å². The van der Waals surface area contributed by atoms with Crippen LogP contribution in [0.15, 0.2) is 17.2 Å². The second kappa shape index (κ2) is 6.28. The molecule has 1 heterocycles. The zero-order valence-corrected chi connectivity index (χ0v) is 12.6. The highest BCUT2D eigenvalue weighted by atomic mass is 16.4. The van der Waals surface area contributed by atoms with E-state index in [2.05, 4.69) is 10.3 Å². The Hall–Kier alpha value is -1.85. The molecule has 1 saturated carbocycles. The lowest BCUT2D eigenvalue weighted by Gasteiger charge is -2.29. The van der Waals surface area contributed by atoms with Crippen LogP contribution in [0, 0.1) is 5.92 Å². The number of aromatic nitrogens is 2. The van der Waals surface area contributed by atoms with Crippen molar-refractivity contribution in [3.8, 4) is 0 Å². The van der Waals surface area contributed by atoms with Crippen molar-refractivity contribution in [2.24, 2.45) is 5.92 Å². The molecule has 1 aromatic rings. The van der Waals surface area contributed by atoms with Crippen LogP contribution in [0.3, 0.4) is 0 Å². The molecule has 2 N–H and O–H groups in total. The van der Waals surface area contributed by atoms with E-state index in [1.807, 2.05) is 13.8 Å². The molecular formula is C15H23N3O3. The van der Waals surface area contributed by atoms with Crippen LogP contribution in [0.4, 0.5) is 5.82 Å². The third-order valence-corrected chi connectivity index (χ3v) is 3.91. The predicted octanol–water partition coefficient (Wildman–Crippen LogP) is 2.10. The van der Waals surface area contributed by atoms with Crippen LogP contribution >= 0.6 is 0 Å². The Morgan fingerprint density at radius 2 is 2.14 bits per heavy atom. The minimum atomic E-state index is -0.845. The minimum Gasteiger partial charge on any atom is -0.481 e. The highest BCUT2D eigenvalue weighted by molar-refractivity contribution is 5.69. The lowest BCUT2D eigenvalue weighted by atomic mass is 9.93. The predicted molar refractivity (Wildman–Crippen MR) is 80.4 cm³/mol. The van der Waals surface area contributed by atoms with E-state index in [0.717, 1.165) is 25.7 Å². The van der Waals surface area contributed by atoms with E-state index in [1.54, 1.807) is 17.0 Å². The van der Waals surface area contributed by atoms with Crippen LogP contribution in [0.5, 0.6) is 0 Å². The van der Waals surface area contributed by atoms with Crippen LogP contribution in [-0.4, -0.2) is 26.2 Å². The molecule has 2 rings (SSSR count). The maximum atomic E-state index is 12.4. The number of hydrogen-bond acceptors (Lipinski definition) is 4. The zero-order valence-electron chi connectivity index (χ0n) is 12.6. The summed E-state index contributed by atoms with van der Waals surface area (Å²) < 4.78 is 1.63. The molecule has 0 aliphatic heterocycles. The number of carboxylic acid groups (broad SMARTS) is 1. The number of anilines is 1. The molecule has 0 aromatic carbocycles. The Balaban J connectivity index is 2.25. The fourth-order valence-corrected chi connectivity index (χ4v) is 3.01. The summed E-state index contributed by atoms with van der Waals surface area (Å²) in [6.45, 7) is 4.72. The first-order valence-corrected chi connectivity index (χ1v) is 7.47. The summed E-state index contributed by atoms with van der Waals surface area (Å²) in [4.78, 5) is 27.6. The summed E-state index contributed by atoms with van der Waals surface area (Å²) in [7, 11) is 0. The van der Waals surface area contributed by atoms with Crippen LogP contribution < -0.4 is 10.9 Å². The van der Waals surface area contributed by atoms with Gasteiger partial charge in [-0.1, -0.05) is 26.7 Å². The molecule has 1 aliphatic rings. The molecule has 1 aliphatic carbocycles. The molecule has 0 atom stereocenters. The first-order valence-electron chi connectivity index (χ1n) is 7.47. The third kappa shape index (κ3) is 3.83. The zero-order chi connectivity index (χ0) is 15.5. The molecule has 0 spiro atoms. The van der Waals surface area contributed by atoms with Crippen molar-refractivity contribution in [1.82, 2.24) is 9.55 Å². The molecule has 6 nitrogen and oxygen atoms in total. The highest BCUT2D eigenvalue weighted by Gasteiger charge is 2.37. The molecule has 0 amide bonds. The van der Waals surface area contributed by atoms with Crippen molar-refractivity contribution >= 4 is 11.8 Å². The summed E-state index contributed by atoms with van der Waals surface area (Å²) in [6, 6.07) is 0.